The second-order valence-corrected chi connectivity index (χ2v) is 6.31. The van der Waals surface area contributed by atoms with Gasteiger partial charge in [-0.2, -0.15) is 0 Å². The number of benzene rings is 1. The van der Waals surface area contributed by atoms with Gasteiger partial charge in [0.2, 0.25) is 5.91 Å². The lowest BCUT2D eigenvalue weighted by atomic mass is 10.2. The van der Waals surface area contributed by atoms with E-state index >= 15 is 0 Å². The molecule has 1 fully saturated rings. The van der Waals surface area contributed by atoms with Crippen LogP contribution in [-0.2, 0) is 14.3 Å². The van der Waals surface area contributed by atoms with Crippen LogP contribution < -0.4 is 4.74 Å². The summed E-state index contributed by atoms with van der Waals surface area (Å²) >= 11 is 1.42. The van der Waals surface area contributed by atoms with Gasteiger partial charge in [0.25, 0.3) is 0 Å². The van der Waals surface area contributed by atoms with E-state index in [9.17, 15) is 9.59 Å². The van der Waals surface area contributed by atoms with E-state index in [1.807, 2.05) is 31.2 Å². The molecule has 1 aromatic rings. The standard InChI is InChI=1S/C16H21NO5S/c1-3-21-12-4-6-13(7-5-12)23-10-15(18)17-8-11(2)22-14(9-17)16(19)20/h4-7,11,14H,3,8-10H2,1-2H3,(H,19,20)/t11-,14?/m1/s1. The molecule has 1 saturated heterocycles. The molecule has 1 aromatic carbocycles. The quantitative estimate of drug-likeness (QED) is 0.798. The molecule has 0 radical (unpaired) electrons. The number of ether oxygens (including phenoxy) is 2. The van der Waals surface area contributed by atoms with Crippen LogP contribution in [0.25, 0.3) is 0 Å². The highest BCUT2D eigenvalue weighted by Gasteiger charge is 2.32. The third-order valence-corrected chi connectivity index (χ3v) is 4.38. The summed E-state index contributed by atoms with van der Waals surface area (Å²) in [5.41, 5.74) is 0. The van der Waals surface area contributed by atoms with Crippen molar-refractivity contribution in [2.24, 2.45) is 0 Å². The number of hydrogen-bond donors (Lipinski definition) is 1. The number of aliphatic carboxylic acids is 1. The first kappa shape index (κ1) is 17.6. The minimum absolute atomic E-state index is 0.0784. The third kappa shape index (κ3) is 5.14. The fourth-order valence-corrected chi connectivity index (χ4v) is 3.13. The van der Waals surface area contributed by atoms with Crippen molar-refractivity contribution in [3.05, 3.63) is 24.3 Å². The van der Waals surface area contributed by atoms with Crippen LogP contribution >= 0.6 is 11.8 Å². The Morgan fingerprint density at radius 1 is 1.35 bits per heavy atom. The maximum absolute atomic E-state index is 12.3. The molecule has 1 N–H and O–H groups in total. The molecular formula is C16H21NO5S. The fourth-order valence-electron chi connectivity index (χ4n) is 2.33. The van der Waals surface area contributed by atoms with Crippen LogP contribution in [0.1, 0.15) is 13.8 Å². The zero-order valence-electron chi connectivity index (χ0n) is 13.2. The lowest BCUT2D eigenvalue weighted by Gasteiger charge is -2.34. The van der Waals surface area contributed by atoms with Gasteiger partial charge in [0.05, 0.1) is 25.0 Å². The number of carboxylic acid groups (broad SMARTS) is 1. The number of nitrogens with zero attached hydrogens (tertiary/aromatic N) is 1. The van der Waals surface area contributed by atoms with Gasteiger partial charge in [0.1, 0.15) is 5.75 Å². The summed E-state index contributed by atoms with van der Waals surface area (Å²) in [4.78, 5) is 25.9. The molecule has 1 heterocycles. The van der Waals surface area contributed by atoms with E-state index in [1.165, 1.54) is 11.8 Å². The van der Waals surface area contributed by atoms with E-state index in [2.05, 4.69) is 0 Å². The van der Waals surface area contributed by atoms with E-state index < -0.39 is 12.1 Å². The first-order valence-electron chi connectivity index (χ1n) is 7.51. The Hall–Kier alpha value is -1.73. The van der Waals surface area contributed by atoms with Gasteiger partial charge in [0.15, 0.2) is 6.10 Å². The van der Waals surface area contributed by atoms with E-state index in [-0.39, 0.29) is 24.3 Å². The van der Waals surface area contributed by atoms with Crippen molar-refractivity contribution in [1.82, 2.24) is 4.90 Å². The van der Waals surface area contributed by atoms with Crippen molar-refractivity contribution < 1.29 is 24.2 Å². The summed E-state index contributed by atoms with van der Waals surface area (Å²) in [7, 11) is 0. The molecule has 0 aliphatic carbocycles. The molecule has 1 aliphatic rings. The Balaban J connectivity index is 1.87. The molecule has 2 atom stereocenters. The average Bonchev–Trinajstić information content (AvgIpc) is 2.53. The summed E-state index contributed by atoms with van der Waals surface area (Å²) < 4.78 is 10.7. The molecule has 1 amide bonds. The van der Waals surface area contributed by atoms with Crippen LogP contribution in [0.3, 0.4) is 0 Å². The molecule has 0 spiro atoms. The van der Waals surface area contributed by atoms with Crippen molar-refractivity contribution in [3.8, 4) is 5.75 Å². The molecule has 2 rings (SSSR count). The zero-order valence-corrected chi connectivity index (χ0v) is 14.0. The van der Waals surface area contributed by atoms with Crippen molar-refractivity contribution in [2.45, 2.75) is 31.0 Å². The van der Waals surface area contributed by atoms with E-state index in [1.54, 1.807) is 11.8 Å². The summed E-state index contributed by atoms with van der Waals surface area (Å²) in [6.07, 6.45) is -1.22. The van der Waals surface area contributed by atoms with Crippen molar-refractivity contribution in [3.63, 3.8) is 0 Å². The highest BCUT2D eigenvalue weighted by Crippen LogP contribution is 2.22. The number of carbonyl (C=O) groups is 2. The first-order valence-corrected chi connectivity index (χ1v) is 8.50. The van der Waals surface area contributed by atoms with Crippen LogP contribution in [0.5, 0.6) is 5.75 Å². The topological polar surface area (TPSA) is 76.1 Å². The molecule has 0 bridgehead atoms. The Bertz CT molecular complexity index is 548. The molecule has 6 nitrogen and oxygen atoms in total. The zero-order chi connectivity index (χ0) is 16.8. The highest BCUT2D eigenvalue weighted by molar-refractivity contribution is 8.00. The van der Waals surface area contributed by atoms with Gasteiger partial charge in [-0.25, -0.2) is 4.79 Å². The lowest BCUT2D eigenvalue weighted by Crippen LogP contribution is -2.52. The summed E-state index contributed by atoms with van der Waals surface area (Å²) in [5.74, 6) is -0.0409. The Morgan fingerprint density at radius 2 is 2.04 bits per heavy atom. The number of carboxylic acids is 1. The molecule has 0 aromatic heterocycles. The summed E-state index contributed by atoms with van der Waals surface area (Å²) in [6.45, 7) is 4.84. The van der Waals surface area contributed by atoms with Gasteiger partial charge in [-0.15, -0.1) is 11.8 Å². The lowest BCUT2D eigenvalue weighted by molar-refractivity contribution is -0.165. The van der Waals surface area contributed by atoms with Gasteiger partial charge in [0, 0.05) is 11.4 Å². The van der Waals surface area contributed by atoms with Crippen LogP contribution in [0, 0.1) is 0 Å². The Kier molecular flexibility index (Phi) is 6.29. The number of hydrogen-bond acceptors (Lipinski definition) is 5. The van der Waals surface area contributed by atoms with Crippen molar-refractivity contribution in [2.75, 3.05) is 25.4 Å². The molecule has 1 unspecified atom stereocenters. The van der Waals surface area contributed by atoms with Gasteiger partial charge in [-0.1, -0.05) is 0 Å². The highest BCUT2D eigenvalue weighted by atomic mass is 32.2. The predicted octanol–water partition coefficient (Wildman–Crippen LogP) is 1.88. The number of thioether (sulfide) groups is 1. The summed E-state index contributed by atoms with van der Waals surface area (Å²) in [5, 5.41) is 9.05. The normalized spacial score (nSPS) is 21.0. The summed E-state index contributed by atoms with van der Waals surface area (Å²) in [6, 6.07) is 7.55. The number of carbonyl (C=O) groups excluding carboxylic acids is 1. The maximum atomic E-state index is 12.3. The van der Waals surface area contributed by atoms with Crippen LogP contribution in [0.2, 0.25) is 0 Å². The SMILES string of the molecule is CCOc1ccc(SCC(=O)N2CC(C(=O)O)O[C@H](C)C2)cc1. The minimum Gasteiger partial charge on any atom is -0.494 e. The van der Waals surface area contributed by atoms with E-state index in [0.29, 0.717) is 13.2 Å². The molecular weight excluding hydrogens is 318 g/mol. The van der Waals surface area contributed by atoms with Crippen molar-refractivity contribution in [1.29, 1.82) is 0 Å². The van der Waals surface area contributed by atoms with Crippen LogP contribution in [-0.4, -0.2) is 59.5 Å². The minimum atomic E-state index is -1.03. The van der Waals surface area contributed by atoms with Crippen LogP contribution in [0.4, 0.5) is 0 Å². The smallest absolute Gasteiger partial charge is 0.334 e. The number of amides is 1. The van der Waals surface area contributed by atoms with Gasteiger partial charge >= 0.3 is 5.97 Å². The van der Waals surface area contributed by atoms with Gasteiger partial charge in [-0.05, 0) is 38.1 Å². The predicted molar refractivity (Wildman–Crippen MR) is 86.9 cm³/mol. The average molecular weight is 339 g/mol. The van der Waals surface area contributed by atoms with Gasteiger partial charge < -0.3 is 19.5 Å². The second-order valence-electron chi connectivity index (χ2n) is 5.27. The van der Waals surface area contributed by atoms with Crippen LogP contribution in [0.15, 0.2) is 29.2 Å². The molecule has 1 aliphatic heterocycles. The largest absolute Gasteiger partial charge is 0.494 e. The Morgan fingerprint density at radius 3 is 2.65 bits per heavy atom. The molecule has 126 valence electrons. The van der Waals surface area contributed by atoms with E-state index in [4.69, 9.17) is 14.6 Å². The number of rotatable bonds is 6. The second kappa shape index (κ2) is 8.21. The first-order chi connectivity index (χ1) is 11.0. The fraction of sp³-hybridized carbons (Fsp3) is 0.500. The Labute approximate surface area is 139 Å². The molecule has 23 heavy (non-hydrogen) atoms. The monoisotopic (exact) mass is 339 g/mol. The molecule has 0 saturated carbocycles. The third-order valence-electron chi connectivity index (χ3n) is 3.39. The van der Waals surface area contributed by atoms with Gasteiger partial charge in [-0.3, -0.25) is 4.79 Å². The van der Waals surface area contributed by atoms with E-state index in [0.717, 1.165) is 10.6 Å². The maximum Gasteiger partial charge on any atom is 0.334 e. The molecule has 7 heteroatoms. The van der Waals surface area contributed by atoms with Crippen molar-refractivity contribution >= 4 is 23.6 Å². The number of morpholine rings is 1.